The number of rotatable bonds is 9. The summed E-state index contributed by atoms with van der Waals surface area (Å²) in [5.74, 6) is -0.683. The van der Waals surface area contributed by atoms with Crippen LogP contribution in [0.5, 0.6) is 0 Å². The molecule has 2 N–H and O–H groups in total. The van der Waals surface area contributed by atoms with E-state index in [0.717, 1.165) is 31.2 Å². The molecule has 0 heterocycles. The van der Waals surface area contributed by atoms with Gasteiger partial charge < -0.3 is 10.1 Å². The number of hydrogen-bond donors (Lipinski definition) is 2. The fourth-order valence-electron chi connectivity index (χ4n) is 2.83. The van der Waals surface area contributed by atoms with Crippen molar-refractivity contribution in [1.82, 2.24) is 10.0 Å². The summed E-state index contributed by atoms with van der Waals surface area (Å²) in [6.07, 6.45) is 3.95. The van der Waals surface area contributed by atoms with Crippen LogP contribution in [0.1, 0.15) is 44.2 Å². The lowest BCUT2D eigenvalue weighted by Gasteiger charge is -2.16. The molecular formula is C19H28N2O5S. The fourth-order valence-corrected chi connectivity index (χ4v) is 3.92. The molecule has 0 saturated carbocycles. The van der Waals surface area contributed by atoms with Crippen molar-refractivity contribution in [3.63, 3.8) is 0 Å². The number of esters is 1. The highest BCUT2D eigenvalue weighted by Crippen LogP contribution is 2.23. The summed E-state index contributed by atoms with van der Waals surface area (Å²) in [6, 6.07) is 5.19. The molecule has 0 bridgehead atoms. The van der Waals surface area contributed by atoms with Crippen LogP contribution < -0.4 is 10.0 Å². The van der Waals surface area contributed by atoms with Crippen LogP contribution in [0, 0.1) is 5.92 Å². The maximum atomic E-state index is 12.4. The number of carbonyl (C=O) groups is 2. The molecule has 1 aromatic rings. The zero-order chi connectivity index (χ0) is 19.9. The van der Waals surface area contributed by atoms with Crippen LogP contribution in [-0.4, -0.2) is 40.0 Å². The summed E-state index contributed by atoms with van der Waals surface area (Å²) in [5.41, 5.74) is 2.29. The minimum absolute atomic E-state index is 0.0775. The molecule has 0 saturated heterocycles. The summed E-state index contributed by atoms with van der Waals surface area (Å²) < 4.78 is 32.0. The number of nitrogens with one attached hydrogen (secondary N) is 2. The molecule has 0 fully saturated rings. The highest BCUT2D eigenvalue weighted by molar-refractivity contribution is 7.89. The van der Waals surface area contributed by atoms with Crippen LogP contribution in [0.15, 0.2) is 23.1 Å². The standard InChI is InChI=1S/C19H28N2O5S/c1-14(2)12-20-18(22)13-26-19(23)9-10-21-27(24,25)17-8-7-15-5-3-4-6-16(15)11-17/h7-8,11,14,21H,3-6,9-10,12-13H2,1-2H3,(H,20,22). The molecule has 1 aromatic carbocycles. The van der Waals surface area contributed by atoms with Crippen molar-refractivity contribution in [1.29, 1.82) is 0 Å². The van der Waals surface area contributed by atoms with Crippen molar-refractivity contribution in [2.75, 3.05) is 19.7 Å². The van der Waals surface area contributed by atoms with Gasteiger partial charge in [0.05, 0.1) is 11.3 Å². The lowest BCUT2D eigenvalue weighted by molar-refractivity contribution is -0.148. The van der Waals surface area contributed by atoms with Gasteiger partial charge in [-0.1, -0.05) is 19.9 Å². The summed E-state index contributed by atoms with van der Waals surface area (Å²) in [5, 5.41) is 2.64. The number of carbonyl (C=O) groups excluding carboxylic acids is 2. The Morgan fingerprint density at radius 1 is 1.15 bits per heavy atom. The Kier molecular flexibility index (Phi) is 7.79. The van der Waals surface area contributed by atoms with Gasteiger partial charge in [-0.3, -0.25) is 9.59 Å². The molecule has 0 unspecified atom stereocenters. The van der Waals surface area contributed by atoms with Gasteiger partial charge in [0.1, 0.15) is 0 Å². The van der Waals surface area contributed by atoms with Crippen LogP contribution in [0.4, 0.5) is 0 Å². The first-order valence-corrected chi connectivity index (χ1v) is 10.8. The van der Waals surface area contributed by atoms with E-state index in [9.17, 15) is 18.0 Å². The molecule has 0 radical (unpaired) electrons. The SMILES string of the molecule is CC(C)CNC(=O)COC(=O)CCNS(=O)(=O)c1ccc2c(c1)CCCC2. The molecule has 1 aliphatic rings. The largest absolute Gasteiger partial charge is 0.456 e. The van der Waals surface area contributed by atoms with Crippen molar-refractivity contribution in [3.8, 4) is 0 Å². The number of ether oxygens (including phenoxy) is 1. The Labute approximate surface area is 160 Å². The Morgan fingerprint density at radius 2 is 1.85 bits per heavy atom. The molecule has 0 spiro atoms. The molecule has 7 nitrogen and oxygen atoms in total. The Balaban J connectivity index is 1.77. The third-order valence-corrected chi connectivity index (χ3v) is 5.78. The quantitative estimate of drug-likeness (QED) is 0.617. The molecule has 2 rings (SSSR count). The average molecular weight is 397 g/mol. The molecule has 0 aliphatic heterocycles. The topological polar surface area (TPSA) is 102 Å². The van der Waals surface area contributed by atoms with Crippen molar-refractivity contribution >= 4 is 21.9 Å². The van der Waals surface area contributed by atoms with E-state index in [-0.39, 0.29) is 30.4 Å². The van der Waals surface area contributed by atoms with Crippen LogP contribution in [0.25, 0.3) is 0 Å². The number of amides is 1. The predicted octanol–water partition coefficient (Wildman–Crippen LogP) is 1.55. The Hall–Kier alpha value is -1.93. The first-order chi connectivity index (χ1) is 12.8. The van der Waals surface area contributed by atoms with Gasteiger partial charge in [0.2, 0.25) is 10.0 Å². The second-order valence-electron chi connectivity index (χ2n) is 7.14. The summed E-state index contributed by atoms with van der Waals surface area (Å²) in [6.45, 7) is 3.99. The summed E-state index contributed by atoms with van der Waals surface area (Å²) in [4.78, 5) is 23.4. The van der Waals surface area contributed by atoms with Gasteiger partial charge in [0.25, 0.3) is 5.91 Å². The number of fused-ring (bicyclic) bond motifs is 1. The van der Waals surface area contributed by atoms with E-state index in [1.165, 1.54) is 5.56 Å². The van der Waals surface area contributed by atoms with Gasteiger partial charge >= 0.3 is 5.97 Å². The Morgan fingerprint density at radius 3 is 2.56 bits per heavy atom. The van der Waals surface area contributed by atoms with E-state index in [2.05, 4.69) is 10.0 Å². The summed E-state index contributed by atoms with van der Waals surface area (Å²) >= 11 is 0. The molecule has 8 heteroatoms. The lowest BCUT2D eigenvalue weighted by atomic mass is 9.92. The van der Waals surface area contributed by atoms with Gasteiger partial charge in [0, 0.05) is 13.1 Å². The van der Waals surface area contributed by atoms with Crippen molar-refractivity contribution in [2.24, 2.45) is 5.92 Å². The zero-order valence-corrected chi connectivity index (χ0v) is 16.7. The number of hydrogen-bond acceptors (Lipinski definition) is 5. The van der Waals surface area contributed by atoms with Gasteiger partial charge in [-0.05, 0) is 54.9 Å². The normalized spacial score (nSPS) is 13.9. The maximum absolute atomic E-state index is 12.4. The monoisotopic (exact) mass is 396 g/mol. The van der Waals surface area contributed by atoms with Gasteiger partial charge in [-0.2, -0.15) is 0 Å². The third-order valence-electron chi connectivity index (χ3n) is 4.32. The average Bonchev–Trinajstić information content (AvgIpc) is 2.64. The second kappa shape index (κ2) is 9.85. The smallest absolute Gasteiger partial charge is 0.307 e. The van der Waals surface area contributed by atoms with Crippen molar-refractivity contribution < 1.29 is 22.7 Å². The van der Waals surface area contributed by atoms with Crippen molar-refractivity contribution in [3.05, 3.63) is 29.3 Å². The van der Waals surface area contributed by atoms with E-state index < -0.39 is 16.0 Å². The minimum Gasteiger partial charge on any atom is -0.456 e. The van der Waals surface area contributed by atoms with Crippen LogP contribution >= 0.6 is 0 Å². The first kappa shape index (κ1) is 21.4. The second-order valence-corrected chi connectivity index (χ2v) is 8.91. The Bertz CT molecular complexity index is 774. The van der Waals surface area contributed by atoms with E-state index in [1.54, 1.807) is 12.1 Å². The van der Waals surface area contributed by atoms with Gasteiger partial charge in [-0.25, -0.2) is 13.1 Å². The summed E-state index contributed by atoms with van der Waals surface area (Å²) in [7, 11) is -3.68. The molecular weight excluding hydrogens is 368 g/mol. The molecule has 0 aromatic heterocycles. The van der Waals surface area contributed by atoms with Crippen LogP contribution in [0.2, 0.25) is 0 Å². The van der Waals surface area contributed by atoms with E-state index in [1.807, 2.05) is 19.9 Å². The highest BCUT2D eigenvalue weighted by Gasteiger charge is 2.18. The van der Waals surface area contributed by atoms with Crippen molar-refractivity contribution in [2.45, 2.75) is 50.8 Å². The molecule has 150 valence electrons. The van der Waals surface area contributed by atoms with E-state index in [0.29, 0.717) is 12.5 Å². The zero-order valence-electron chi connectivity index (χ0n) is 15.9. The number of sulfonamides is 1. The molecule has 27 heavy (non-hydrogen) atoms. The van der Waals surface area contributed by atoms with Gasteiger partial charge in [0.15, 0.2) is 6.61 Å². The fraction of sp³-hybridized carbons (Fsp3) is 0.579. The molecule has 1 amide bonds. The number of aryl methyl sites for hydroxylation is 2. The van der Waals surface area contributed by atoms with Crippen LogP contribution in [-0.2, 0) is 37.2 Å². The maximum Gasteiger partial charge on any atom is 0.307 e. The first-order valence-electron chi connectivity index (χ1n) is 9.31. The molecule has 0 atom stereocenters. The minimum atomic E-state index is -3.68. The van der Waals surface area contributed by atoms with E-state index in [4.69, 9.17) is 4.74 Å². The van der Waals surface area contributed by atoms with Gasteiger partial charge in [-0.15, -0.1) is 0 Å². The predicted molar refractivity (Wildman–Crippen MR) is 102 cm³/mol. The lowest BCUT2D eigenvalue weighted by Crippen LogP contribution is -2.32. The number of benzene rings is 1. The molecule has 1 aliphatic carbocycles. The van der Waals surface area contributed by atoms with Crippen LogP contribution in [0.3, 0.4) is 0 Å². The van der Waals surface area contributed by atoms with E-state index >= 15 is 0 Å². The highest BCUT2D eigenvalue weighted by atomic mass is 32.2. The third kappa shape index (κ3) is 6.95.